The lowest BCUT2D eigenvalue weighted by Crippen LogP contribution is -2.04. The van der Waals surface area contributed by atoms with Crippen LogP contribution in [-0.4, -0.2) is 11.2 Å². The van der Waals surface area contributed by atoms with Crippen molar-refractivity contribution in [3.63, 3.8) is 0 Å². The SMILES string of the molecule is C#CC(O)Cc1cc2ccccc2s1. The zero-order valence-electron chi connectivity index (χ0n) is 7.60. The second kappa shape index (κ2) is 3.83. The molecule has 0 aliphatic carbocycles. The molecule has 14 heavy (non-hydrogen) atoms. The second-order valence-corrected chi connectivity index (χ2v) is 4.31. The average molecular weight is 202 g/mol. The highest BCUT2D eigenvalue weighted by atomic mass is 32.1. The van der Waals surface area contributed by atoms with Crippen LogP contribution in [0.4, 0.5) is 0 Å². The summed E-state index contributed by atoms with van der Waals surface area (Å²) in [6, 6.07) is 10.3. The molecule has 0 saturated carbocycles. The van der Waals surface area contributed by atoms with E-state index in [4.69, 9.17) is 6.42 Å². The normalized spacial score (nSPS) is 12.6. The molecule has 70 valence electrons. The van der Waals surface area contributed by atoms with E-state index in [1.807, 2.05) is 12.1 Å². The lowest BCUT2D eigenvalue weighted by atomic mass is 10.2. The summed E-state index contributed by atoms with van der Waals surface area (Å²) in [7, 11) is 0. The molecule has 1 N–H and O–H groups in total. The number of terminal acetylenes is 1. The molecule has 0 radical (unpaired) electrons. The van der Waals surface area contributed by atoms with E-state index in [2.05, 4.69) is 24.1 Å². The highest BCUT2D eigenvalue weighted by Crippen LogP contribution is 2.25. The molecule has 2 heteroatoms. The second-order valence-electron chi connectivity index (χ2n) is 3.14. The molecule has 1 nitrogen and oxygen atoms in total. The van der Waals surface area contributed by atoms with Crippen molar-refractivity contribution in [2.75, 3.05) is 0 Å². The Morgan fingerprint density at radius 3 is 2.93 bits per heavy atom. The van der Waals surface area contributed by atoms with Crippen molar-refractivity contribution < 1.29 is 5.11 Å². The lowest BCUT2D eigenvalue weighted by Gasteiger charge is -1.97. The van der Waals surface area contributed by atoms with Crippen molar-refractivity contribution in [1.82, 2.24) is 0 Å². The number of aliphatic hydroxyl groups is 1. The van der Waals surface area contributed by atoms with Crippen molar-refractivity contribution in [2.24, 2.45) is 0 Å². The number of thiophene rings is 1. The molecular weight excluding hydrogens is 192 g/mol. The van der Waals surface area contributed by atoms with Crippen LogP contribution in [0.5, 0.6) is 0 Å². The maximum absolute atomic E-state index is 9.31. The molecule has 1 unspecified atom stereocenters. The molecule has 0 aliphatic heterocycles. The third-order valence-corrected chi connectivity index (χ3v) is 3.20. The predicted molar refractivity (Wildman–Crippen MR) is 60.4 cm³/mol. The van der Waals surface area contributed by atoms with Gasteiger partial charge in [0.15, 0.2) is 0 Å². The Morgan fingerprint density at radius 2 is 2.21 bits per heavy atom. The first-order valence-corrected chi connectivity index (χ1v) is 5.23. The summed E-state index contributed by atoms with van der Waals surface area (Å²) in [5.41, 5.74) is 0. The zero-order chi connectivity index (χ0) is 9.97. The number of fused-ring (bicyclic) bond motifs is 1. The van der Waals surface area contributed by atoms with Crippen molar-refractivity contribution >= 4 is 21.4 Å². The van der Waals surface area contributed by atoms with Gasteiger partial charge in [-0.15, -0.1) is 17.8 Å². The fraction of sp³-hybridized carbons (Fsp3) is 0.167. The molecule has 1 heterocycles. The maximum atomic E-state index is 9.31. The van der Waals surface area contributed by atoms with Gasteiger partial charge < -0.3 is 5.11 Å². The van der Waals surface area contributed by atoms with E-state index in [1.54, 1.807) is 11.3 Å². The monoisotopic (exact) mass is 202 g/mol. The Hall–Kier alpha value is -1.30. The quantitative estimate of drug-likeness (QED) is 0.742. The van der Waals surface area contributed by atoms with Gasteiger partial charge in [-0.25, -0.2) is 0 Å². The predicted octanol–water partition coefficient (Wildman–Crippen LogP) is 2.44. The van der Waals surface area contributed by atoms with Gasteiger partial charge in [-0.2, -0.15) is 0 Å². The van der Waals surface area contributed by atoms with Crippen molar-refractivity contribution in [3.8, 4) is 12.3 Å². The highest BCUT2D eigenvalue weighted by Gasteiger charge is 2.05. The molecular formula is C12H10OS. The summed E-state index contributed by atoms with van der Waals surface area (Å²) in [4.78, 5) is 1.14. The molecule has 0 saturated heterocycles. The zero-order valence-corrected chi connectivity index (χ0v) is 8.42. The van der Waals surface area contributed by atoms with E-state index in [0.717, 1.165) is 4.88 Å². The Morgan fingerprint density at radius 1 is 1.43 bits per heavy atom. The van der Waals surface area contributed by atoms with Gasteiger partial charge in [-0.3, -0.25) is 0 Å². The lowest BCUT2D eigenvalue weighted by molar-refractivity contribution is 0.234. The molecule has 1 aromatic heterocycles. The van der Waals surface area contributed by atoms with E-state index in [9.17, 15) is 5.11 Å². The molecule has 0 bridgehead atoms. The van der Waals surface area contributed by atoms with E-state index < -0.39 is 6.10 Å². The number of hydrogen-bond acceptors (Lipinski definition) is 2. The standard InChI is InChI=1S/C12H10OS/c1-2-10(13)8-11-7-9-5-3-4-6-12(9)14-11/h1,3-7,10,13H,8H2. The van der Waals surface area contributed by atoms with Gasteiger partial charge >= 0.3 is 0 Å². The highest BCUT2D eigenvalue weighted by molar-refractivity contribution is 7.19. The van der Waals surface area contributed by atoms with Gasteiger partial charge in [0.25, 0.3) is 0 Å². The smallest absolute Gasteiger partial charge is 0.119 e. The minimum atomic E-state index is -0.664. The third-order valence-electron chi connectivity index (χ3n) is 2.06. The number of benzene rings is 1. The fourth-order valence-electron chi connectivity index (χ4n) is 1.39. The molecule has 1 aromatic carbocycles. The summed E-state index contributed by atoms with van der Waals surface area (Å²) in [5.74, 6) is 2.32. The van der Waals surface area contributed by atoms with Gasteiger partial charge in [0.05, 0.1) is 0 Å². The van der Waals surface area contributed by atoms with Crippen LogP contribution in [0.3, 0.4) is 0 Å². The van der Waals surface area contributed by atoms with Crippen LogP contribution < -0.4 is 0 Å². The van der Waals surface area contributed by atoms with E-state index in [-0.39, 0.29) is 0 Å². The Kier molecular flexibility index (Phi) is 2.53. The first kappa shape index (κ1) is 9.26. The maximum Gasteiger partial charge on any atom is 0.119 e. The number of rotatable bonds is 2. The van der Waals surface area contributed by atoms with Gasteiger partial charge in [-0.05, 0) is 17.5 Å². The van der Waals surface area contributed by atoms with Crippen LogP contribution in [0.15, 0.2) is 30.3 Å². The fourth-order valence-corrected chi connectivity index (χ4v) is 2.49. The van der Waals surface area contributed by atoms with Crippen LogP contribution in [0, 0.1) is 12.3 Å². The van der Waals surface area contributed by atoms with Gasteiger partial charge in [-0.1, -0.05) is 24.1 Å². The summed E-state index contributed by atoms with van der Waals surface area (Å²) in [6.07, 6.45) is 5.01. The van der Waals surface area contributed by atoms with E-state index in [0.29, 0.717) is 6.42 Å². The third kappa shape index (κ3) is 1.79. The summed E-state index contributed by atoms with van der Waals surface area (Å²) in [5, 5.41) is 10.5. The summed E-state index contributed by atoms with van der Waals surface area (Å²) < 4.78 is 1.24. The summed E-state index contributed by atoms with van der Waals surface area (Å²) >= 11 is 1.69. The molecule has 1 atom stereocenters. The van der Waals surface area contributed by atoms with Gasteiger partial charge in [0, 0.05) is 16.0 Å². The van der Waals surface area contributed by atoms with Gasteiger partial charge in [0.1, 0.15) is 6.10 Å². The van der Waals surface area contributed by atoms with Crippen LogP contribution in [-0.2, 0) is 6.42 Å². The van der Waals surface area contributed by atoms with Crippen LogP contribution in [0.25, 0.3) is 10.1 Å². The Bertz CT molecular complexity index is 445. The van der Waals surface area contributed by atoms with Crippen LogP contribution in [0.1, 0.15) is 4.88 Å². The van der Waals surface area contributed by atoms with Crippen molar-refractivity contribution in [1.29, 1.82) is 0 Å². The Balaban J connectivity index is 2.32. The molecule has 0 fully saturated rings. The van der Waals surface area contributed by atoms with Crippen LogP contribution in [0.2, 0.25) is 0 Å². The number of aliphatic hydroxyl groups excluding tert-OH is 1. The first-order chi connectivity index (χ1) is 6.79. The topological polar surface area (TPSA) is 20.2 Å². The number of hydrogen-bond donors (Lipinski definition) is 1. The van der Waals surface area contributed by atoms with E-state index in [1.165, 1.54) is 10.1 Å². The van der Waals surface area contributed by atoms with Crippen LogP contribution >= 0.6 is 11.3 Å². The summed E-state index contributed by atoms with van der Waals surface area (Å²) in [6.45, 7) is 0. The van der Waals surface area contributed by atoms with Crippen molar-refractivity contribution in [2.45, 2.75) is 12.5 Å². The molecule has 0 aliphatic rings. The molecule has 0 spiro atoms. The molecule has 2 rings (SSSR count). The van der Waals surface area contributed by atoms with E-state index >= 15 is 0 Å². The molecule has 2 aromatic rings. The largest absolute Gasteiger partial charge is 0.380 e. The minimum Gasteiger partial charge on any atom is -0.380 e. The average Bonchev–Trinajstić information content (AvgIpc) is 2.59. The van der Waals surface area contributed by atoms with Crippen molar-refractivity contribution in [3.05, 3.63) is 35.2 Å². The first-order valence-electron chi connectivity index (χ1n) is 4.41. The molecule has 0 amide bonds. The van der Waals surface area contributed by atoms with Gasteiger partial charge in [0.2, 0.25) is 0 Å². The Labute approximate surface area is 87.0 Å². The minimum absolute atomic E-state index is 0.551.